The van der Waals surface area contributed by atoms with Gasteiger partial charge in [0.2, 0.25) is 23.6 Å². The smallest absolute Gasteiger partial charge is 0.326 e. The summed E-state index contributed by atoms with van der Waals surface area (Å²) < 4.78 is 0. The van der Waals surface area contributed by atoms with Gasteiger partial charge in [0, 0.05) is 24.7 Å². The second kappa shape index (κ2) is 15.8. The monoisotopic (exact) mass is 544 g/mol. The van der Waals surface area contributed by atoms with Crippen LogP contribution in [0.4, 0.5) is 0 Å². The molecule has 2 rings (SSSR count). The highest BCUT2D eigenvalue weighted by molar-refractivity contribution is 5.96. The van der Waals surface area contributed by atoms with Crippen molar-refractivity contribution in [3.8, 4) is 0 Å². The number of carbonyl (C=O) groups excluding carboxylic acids is 4. The van der Waals surface area contributed by atoms with Crippen LogP contribution in [0.1, 0.15) is 36.9 Å². The molecule has 0 aliphatic heterocycles. The maximum atomic E-state index is 13.2. The summed E-state index contributed by atoms with van der Waals surface area (Å²) >= 11 is 0. The van der Waals surface area contributed by atoms with E-state index in [0.717, 1.165) is 0 Å². The molecule has 212 valence electrons. The van der Waals surface area contributed by atoms with Gasteiger partial charge in [-0.15, -0.1) is 0 Å². The Bertz CT molecular complexity index is 1100. The number of aromatic amines is 1. The first kappa shape index (κ1) is 30.9. The van der Waals surface area contributed by atoms with E-state index in [2.05, 4.69) is 25.9 Å². The summed E-state index contributed by atoms with van der Waals surface area (Å²) in [6.45, 7) is 0.441. The zero-order chi connectivity index (χ0) is 28.8. The fourth-order valence-electron chi connectivity index (χ4n) is 3.75. The molecule has 1 heterocycles. The van der Waals surface area contributed by atoms with E-state index in [1.54, 1.807) is 30.3 Å². The Morgan fingerprint density at radius 1 is 0.897 bits per heavy atom. The number of nitrogens with two attached hydrogens (primary N) is 3. The van der Waals surface area contributed by atoms with E-state index in [9.17, 15) is 29.1 Å². The van der Waals surface area contributed by atoms with Crippen molar-refractivity contribution >= 4 is 29.6 Å². The molecule has 1 aromatic carbocycles. The van der Waals surface area contributed by atoms with Gasteiger partial charge in [-0.25, -0.2) is 9.78 Å². The Morgan fingerprint density at radius 2 is 1.54 bits per heavy atom. The molecule has 4 unspecified atom stereocenters. The van der Waals surface area contributed by atoms with Gasteiger partial charge in [0.1, 0.15) is 18.1 Å². The molecule has 0 radical (unpaired) electrons. The number of rotatable bonds is 17. The number of carbonyl (C=O) groups is 5. The molecule has 14 nitrogen and oxygen atoms in total. The van der Waals surface area contributed by atoms with Crippen LogP contribution in [0.25, 0.3) is 0 Å². The number of primary amides is 1. The van der Waals surface area contributed by atoms with Crippen molar-refractivity contribution in [3.05, 3.63) is 54.1 Å². The molecule has 14 heteroatoms. The Hall–Kier alpha value is -4.30. The van der Waals surface area contributed by atoms with E-state index in [0.29, 0.717) is 37.1 Å². The van der Waals surface area contributed by atoms with E-state index < -0.39 is 60.2 Å². The molecule has 0 spiro atoms. The number of unbranched alkanes of at least 4 members (excludes halogenated alkanes) is 1. The van der Waals surface area contributed by atoms with Crippen LogP contribution in [-0.4, -0.2) is 75.4 Å². The van der Waals surface area contributed by atoms with Crippen molar-refractivity contribution in [2.75, 3.05) is 6.54 Å². The van der Waals surface area contributed by atoms with Crippen molar-refractivity contribution < 1.29 is 29.1 Å². The van der Waals surface area contributed by atoms with Crippen LogP contribution >= 0.6 is 0 Å². The van der Waals surface area contributed by atoms with E-state index in [1.807, 2.05) is 0 Å². The highest BCUT2D eigenvalue weighted by atomic mass is 16.4. The second-order valence-corrected chi connectivity index (χ2v) is 9.05. The number of nitrogens with one attached hydrogen (secondary N) is 4. The zero-order valence-electron chi connectivity index (χ0n) is 21.5. The summed E-state index contributed by atoms with van der Waals surface area (Å²) in [6, 6.07) is 3.82. The number of hydrogen-bond acceptors (Lipinski definition) is 8. The number of carboxylic acid groups (broad SMARTS) is 1. The van der Waals surface area contributed by atoms with Gasteiger partial charge >= 0.3 is 5.97 Å². The molecule has 39 heavy (non-hydrogen) atoms. The standard InChI is InChI=1S/C25H36N8O6/c26-9-5-4-8-17(27)22(35)31-19(12-21(28)34)24(37)32-18(10-15-6-2-1-3-7-15)23(36)33-20(25(38)39)11-16-13-29-14-30-16/h1-3,6-7,13-14,17-20H,4-5,8-12,26-27H2,(H2,28,34)(H,29,30)(H,31,35)(H,32,37)(H,33,36)(H,38,39). The predicted molar refractivity (Wildman–Crippen MR) is 141 cm³/mol. The fourth-order valence-corrected chi connectivity index (χ4v) is 3.75. The predicted octanol–water partition coefficient (Wildman–Crippen LogP) is -1.93. The average Bonchev–Trinajstić information content (AvgIpc) is 3.41. The zero-order valence-corrected chi connectivity index (χ0v) is 21.5. The van der Waals surface area contributed by atoms with Crippen LogP contribution in [0.2, 0.25) is 0 Å². The Balaban J connectivity index is 2.19. The van der Waals surface area contributed by atoms with Gasteiger partial charge in [-0.1, -0.05) is 36.8 Å². The minimum Gasteiger partial charge on any atom is -0.480 e. The number of benzene rings is 1. The Morgan fingerprint density at radius 3 is 2.13 bits per heavy atom. The van der Waals surface area contributed by atoms with E-state index in [4.69, 9.17) is 17.2 Å². The van der Waals surface area contributed by atoms with Crippen LogP contribution in [0.5, 0.6) is 0 Å². The second-order valence-electron chi connectivity index (χ2n) is 9.05. The lowest BCUT2D eigenvalue weighted by atomic mass is 10.0. The lowest BCUT2D eigenvalue weighted by Gasteiger charge is -2.25. The summed E-state index contributed by atoms with van der Waals surface area (Å²) in [5.74, 6) is -4.44. The van der Waals surface area contributed by atoms with E-state index >= 15 is 0 Å². The van der Waals surface area contributed by atoms with Crippen LogP contribution in [0.15, 0.2) is 42.9 Å². The van der Waals surface area contributed by atoms with Crippen molar-refractivity contribution in [1.82, 2.24) is 25.9 Å². The lowest BCUT2D eigenvalue weighted by molar-refractivity contribution is -0.142. The number of imidazole rings is 1. The minimum atomic E-state index is -1.40. The maximum absolute atomic E-state index is 13.2. The van der Waals surface area contributed by atoms with Gasteiger partial charge in [-0.3, -0.25) is 19.2 Å². The van der Waals surface area contributed by atoms with E-state index in [1.165, 1.54) is 12.5 Å². The van der Waals surface area contributed by atoms with Gasteiger partial charge < -0.3 is 43.2 Å². The molecule has 0 saturated heterocycles. The molecular formula is C25H36N8O6. The van der Waals surface area contributed by atoms with Crippen molar-refractivity contribution in [2.24, 2.45) is 17.2 Å². The largest absolute Gasteiger partial charge is 0.480 e. The third-order valence-corrected chi connectivity index (χ3v) is 5.85. The number of hydrogen-bond donors (Lipinski definition) is 8. The van der Waals surface area contributed by atoms with Crippen molar-refractivity contribution in [3.63, 3.8) is 0 Å². The molecule has 2 aromatic rings. The molecule has 0 bridgehead atoms. The first-order valence-electron chi connectivity index (χ1n) is 12.5. The number of aromatic nitrogens is 2. The molecule has 11 N–H and O–H groups in total. The minimum absolute atomic E-state index is 0.00461. The van der Waals surface area contributed by atoms with Crippen molar-refractivity contribution in [1.29, 1.82) is 0 Å². The van der Waals surface area contributed by atoms with Gasteiger partial charge in [0.15, 0.2) is 0 Å². The number of amides is 4. The molecule has 0 aliphatic carbocycles. The molecule has 0 saturated carbocycles. The van der Waals surface area contributed by atoms with Gasteiger partial charge in [-0.05, 0) is 24.9 Å². The fraction of sp³-hybridized carbons (Fsp3) is 0.440. The summed E-state index contributed by atoms with van der Waals surface area (Å²) in [5, 5.41) is 17.0. The maximum Gasteiger partial charge on any atom is 0.326 e. The summed E-state index contributed by atoms with van der Waals surface area (Å²) in [4.78, 5) is 69.1. The van der Waals surface area contributed by atoms with Gasteiger partial charge in [0.25, 0.3) is 0 Å². The first-order valence-corrected chi connectivity index (χ1v) is 12.5. The normalized spacial score (nSPS) is 13.9. The van der Waals surface area contributed by atoms with Crippen LogP contribution in [-0.2, 0) is 36.8 Å². The van der Waals surface area contributed by atoms with Crippen molar-refractivity contribution in [2.45, 2.75) is 62.7 Å². The SMILES string of the molecule is NCCCCC(N)C(=O)NC(CC(N)=O)C(=O)NC(Cc1ccccc1)C(=O)NC(Cc1cnc[nH]1)C(=O)O. The topological polar surface area (TPSA) is 248 Å². The molecule has 4 amide bonds. The molecule has 0 fully saturated rings. The third kappa shape index (κ3) is 10.9. The highest BCUT2D eigenvalue weighted by Gasteiger charge is 2.31. The number of carboxylic acids is 1. The van der Waals surface area contributed by atoms with Crippen LogP contribution < -0.4 is 33.2 Å². The number of nitrogens with zero attached hydrogens (tertiary/aromatic N) is 1. The van der Waals surface area contributed by atoms with Gasteiger partial charge in [-0.2, -0.15) is 0 Å². The van der Waals surface area contributed by atoms with Crippen LogP contribution in [0.3, 0.4) is 0 Å². The molecule has 4 atom stereocenters. The molecule has 0 aliphatic rings. The molecular weight excluding hydrogens is 508 g/mol. The summed E-state index contributed by atoms with van der Waals surface area (Å²) in [5.41, 5.74) is 17.8. The molecule has 1 aromatic heterocycles. The Labute approximate surface area is 225 Å². The third-order valence-electron chi connectivity index (χ3n) is 5.85. The average molecular weight is 545 g/mol. The number of aliphatic carboxylic acids is 1. The number of H-pyrrole nitrogens is 1. The van der Waals surface area contributed by atoms with Gasteiger partial charge in [0.05, 0.1) is 18.8 Å². The summed E-state index contributed by atoms with van der Waals surface area (Å²) in [7, 11) is 0. The first-order chi connectivity index (χ1) is 18.6. The Kier molecular flexibility index (Phi) is 12.6. The van der Waals surface area contributed by atoms with Crippen LogP contribution in [0, 0.1) is 0 Å². The quantitative estimate of drug-likeness (QED) is 0.103. The highest BCUT2D eigenvalue weighted by Crippen LogP contribution is 2.07. The summed E-state index contributed by atoms with van der Waals surface area (Å²) in [6.07, 6.45) is 3.79. The van der Waals surface area contributed by atoms with E-state index in [-0.39, 0.29) is 12.8 Å². The lowest BCUT2D eigenvalue weighted by Crippen LogP contribution is -2.58.